The van der Waals surface area contributed by atoms with Crippen LogP contribution in [0.4, 0.5) is 4.39 Å². The molecule has 0 aliphatic rings. The summed E-state index contributed by atoms with van der Waals surface area (Å²) in [5.41, 5.74) is 1.65. The second-order valence-corrected chi connectivity index (χ2v) is 5.32. The Labute approximate surface area is 138 Å². The average Bonchev–Trinajstić information content (AvgIpc) is 3.11. The van der Waals surface area contributed by atoms with Gasteiger partial charge in [0.25, 0.3) is 0 Å². The van der Waals surface area contributed by atoms with Crippen LogP contribution in [-0.4, -0.2) is 26.1 Å². The first-order valence-electron chi connectivity index (χ1n) is 7.50. The lowest BCUT2D eigenvalue weighted by molar-refractivity contribution is -0.124. The maximum absolute atomic E-state index is 12.9. The second-order valence-electron chi connectivity index (χ2n) is 5.32. The summed E-state index contributed by atoms with van der Waals surface area (Å²) in [6, 6.07) is 14.8. The van der Waals surface area contributed by atoms with Gasteiger partial charge in [0, 0.05) is 12.1 Å². The molecule has 6 nitrogen and oxygen atoms in total. The molecule has 0 saturated carbocycles. The van der Waals surface area contributed by atoms with Crippen molar-refractivity contribution in [1.29, 1.82) is 0 Å². The van der Waals surface area contributed by atoms with E-state index in [1.165, 1.54) is 16.9 Å². The van der Waals surface area contributed by atoms with Gasteiger partial charge in [0.2, 0.25) is 11.7 Å². The first kappa shape index (κ1) is 15.8. The Hall–Kier alpha value is -3.09. The first-order chi connectivity index (χ1) is 11.6. The fourth-order valence-electron chi connectivity index (χ4n) is 2.14. The third-order valence-corrected chi connectivity index (χ3v) is 3.57. The number of benzene rings is 2. The lowest BCUT2D eigenvalue weighted by Crippen LogP contribution is -2.31. The van der Waals surface area contributed by atoms with Crippen LogP contribution >= 0.6 is 0 Å². The zero-order valence-corrected chi connectivity index (χ0v) is 13.1. The van der Waals surface area contributed by atoms with E-state index < -0.39 is 6.04 Å². The Morgan fingerprint density at radius 1 is 1.17 bits per heavy atom. The highest BCUT2D eigenvalue weighted by Crippen LogP contribution is 2.13. The third-order valence-electron chi connectivity index (χ3n) is 3.57. The van der Waals surface area contributed by atoms with Gasteiger partial charge in [0.1, 0.15) is 11.9 Å². The molecule has 1 unspecified atom stereocenters. The quantitative estimate of drug-likeness (QED) is 0.781. The van der Waals surface area contributed by atoms with Crippen LogP contribution in [0, 0.1) is 5.82 Å². The molecule has 1 amide bonds. The molecule has 0 aliphatic carbocycles. The van der Waals surface area contributed by atoms with E-state index in [1.807, 2.05) is 30.3 Å². The van der Waals surface area contributed by atoms with Crippen molar-refractivity contribution in [3.63, 3.8) is 0 Å². The van der Waals surface area contributed by atoms with E-state index in [4.69, 9.17) is 0 Å². The number of hydrogen-bond acceptors (Lipinski definition) is 4. The standard InChI is InChI=1S/C17H16FN5O/c1-12(17(24)19-11-13-7-9-15(18)10-8-13)23-21-16(20-22-23)14-5-3-2-4-6-14/h2-10,12H,11H2,1H3,(H,19,24). The van der Waals surface area contributed by atoms with E-state index in [0.717, 1.165) is 11.1 Å². The Morgan fingerprint density at radius 2 is 1.88 bits per heavy atom. The van der Waals surface area contributed by atoms with Crippen LogP contribution in [-0.2, 0) is 11.3 Å². The molecule has 0 radical (unpaired) electrons. The van der Waals surface area contributed by atoms with Gasteiger partial charge < -0.3 is 5.32 Å². The Kier molecular flexibility index (Phi) is 4.60. The fourth-order valence-corrected chi connectivity index (χ4v) is 2.14. The molecule has 2 aromatic carbocycles. The number of nitrogens with zero attached hydrogens (tertiary/aromatic N) is 4. The van der Waals surface area contributed by atoms with Gasteiger partial charge >= 0.3 is 0 Å². The van der Waals surface area contributed by atoms with Gasteiger partial charge in [-0.25, -0.2) is 4.39 Å². The number of carbonyl (C=O) groups is 1. The van der Waals surface area contributed by atoms with Crippen molar-refractivity contribution in [3.8, 4) is 11.4 Å². The maximum atomic E-state index is 12.9. The molecule has 0 spiro atoms. The summed E-state index contributed by atoms with van der Waals surface area (Å²) in [7, 11) is 0. The van der Waals surface area contributed by atoms with E-state index >= 15 is 0 Å². The zero-order valence-electron chi connectivity index (χ0n) is 13.1. The van der Waals surface area contributed by atoms with Crippen molar-refractivity contribution in [2.45, 2.75) is 19.5 Å². The number of amides is 1. The molecule has 1 heterocycles. The summed E-state index contributed by atoms with van der Waals surface area (Å²) >= 11 is 0. The number of tetrazole rings is 1. The number of nitrogens with one attached hydrogen (secondary N) is 1. The summed E-state index contributed by atoms with van der Waals surface area (Å²) < 4.78 is 12.9. The van der Waals surface area contributed by atoms with E-state index in [-0.39, 0.29) is 11.7 Å². The molecular formula is C17H16FN5O. The highest BCUT2D eigenvalue weighted by molar-refractivity contribution is 5.79. The zero-order chi connectivity index (χ0) is 16.9. The van der Waals surface area contributed by atoms with Crippen molar-refractivity contribution >= 4 is 5.91 Å². The molecular weight excluding hydrogens is 309 g/mol. The Bertz CT molecular complexity index is 817. The van der Waals surface area contributed by atoms with Gasteiger partial charge in [-0.3, -0.25) is 4.79 Å². The van der Waals surface area contributed by atoms with Crippen LogP contribution in [0.5, 0.6) is 0 Å². The molecule has 0 fully saturated rings. The predicted octanol–water partition coefficient (Wildman–Crippen LogP) is 2.36. The van der Waals surface area contributed by atoms with E-state index in [9.17, 15) is 9.18 Å². The average molecular weight is 325 g/mol. The molecule has 1 aromatic heterocycles. The van der Waals surface area contributed by atoms with E-state index in [0.29, 0.717) is 12.4 Å². The van der Waals surface area contributed by atoms with Gasteiger partial charge in [0.05, 0.1) is 0 Å². The smallest absolute Gasteiger partial charge is 0.246 e. The normalized spacial score (nSPS) is 11.9. The minimum absolute atomic E-state index is 0.240. The fraction of sp³-hybridized carbons (Fsp3) is 0.176. The van der Waals surface area contributed by atoms with Crippen molar-refractivity contribution in [2.24, 2.45) is 0 Å². The monoisotopic (exact) mass is 325 g/mol. The number of hydrogen-bond donors (Lipinski definition) is 1. The number of aromatic nitrogens is 4. The number of carbonyl (C=O) groups excluding carboxylic acids is 1. The number of rotatable bonds is 5. The first-order valence-corrected chi connectivity index (χ1v) is 7.50. The SMILES string of the molecule is CC(C(=O)NCc1ccc(F)cc1)n1nnc(-c2ccccc2)n1. The van der Waals surface area contributed by atoms with E-state index in [2.05, 4.69) is 20.7 Å². The molecule has 0 aliphatic heterocycles. The van der Waals surface area contributed by atoms with Crippen LogP contribution in [0.15, 0.2) is 54.6 Å². The van der Waals surface area contributed by atoms with Crippen LogP contribution < -0.4 is 5.32 Å². The van der Waals surface area contributed by atoms with Gasteiger partial charge in [-0.05, 0) is 29.8 Å². The van der Waals surface area contributed by atoms with E-state index in [1.54, 1.807) is 19.1 Å². The predicted molar refractivity (Wildman–Crippen MR) is 86.2 cm³/mol. The largest absolute Gasteiger partial charge is 0.350 e. The van der Waals surface area contributed by atoms with Crippen molar-refractivity contribution < 1.29 is 9.18 Å². The third kappa shape index (κ3) is 3.62. The molecule has 0 saturated heterocycles. The molecule has 0 bridgehead atoms. The second kappa shape index (κ2) is 6.99. The summed E-state index contributed by atoms with van der Waals surface area (Å²) in [6.07, 6.45) is 0. The number of halogens is 1. The maximum Gasteiger partial charge on any atom is 0.246 e. The molecule has 24 heavy (non-hydrogen) atoms. The summed E-state index contributed by atoms with van der Waals surface area (Å²) in [5, 5.41) is 15.0. The highest BCUT2D eigenvalue weighted by atomic mass is 19.1. The minimum Gasteiger partial charge on any atom is -0.350 e. The molecule has 1 N–H and O–H groups in total. The van der Waals surface area contributed by atoms with Crippen LogP contribution in [0.1, 0.15) is 18.5 Å². The van der Waals surface area contributed by atoms with Crippen LogP contribution in [0.25, 0.3) is 11.4 Å². The highest BCUT2D eigenvalue weighted by Gasteiger charge is 2.18. The molecule has 122 valence electrons. The Balaban J connectivity index is 1.63. The van der Waals surface area contributed by atoms with Crippen molar-refractivity contribution in [2.75, 3.05) is 0 Å². The van der Waals surface area contributed by atoms with Crippen molar-refractivity contribution in [3.05, 3.63) is 66.0 Å². The lowest BCUT2D eigenvalue weighted by atomic mass is 10.2. The van der Waals surface area contributed by atoms with Gasteiger partial charge in [-0.15, -0.1) is 10.2 Å². The van der Waals surface area contributed by atoms with Gasteiger partial charge in [0.15, 0.2) is 0 Å². The van der Waals surface area contributed by atoms with Crippen LogP contribution in [0.2, 0.25) is 0 Å². The summed E-state index contributed by atoms with van der Waals surface area (Å²) in [5.74, 6) is -0.0798. The summed E-state index contributed by atoms with van der Waals surface area (Å²) in [4.78, 5) is 13.5. The Morgan fingerprint density at radius 3 is 2.58 bits per heavy atom. The van der Waals surface area contributed by atoms with Crippen LogP contribution in [0.3, 0.4) is 0 Å². The minimum atomic E-state index is -0.601. The topological polar surface area (TPSA) is 72.7 Å². The molecule has 1 atom stereocenters. The lowest BCUT2D eigenvalue weighted by Gasteiger charge is -2.10. The van der Waals surface area contributed by atoms with Crippen molar-refractivity contribution in [1.82, 2.24) is 25.5 Å². The molecule has 7 heteroatoms. The molecule has 3 aromatic rings. The summed E-state index contributed by atoms with van der Waals surface area (Å²) in [6.45, 7) is 2.00. The molecule has 3 rings (SSSR count). The van der Waals surface area contributed by atoms with Gasteiger partial charge in [-0.2, -0.15) is 4.80 Å². The van der Waals surface area contributed by atoms with Gasteiger partial charge in [-0.1, -0.05) is 42.5 Å².